The second kappa shape index (κ2) is 8.27. The Labute approximate surface area is 122 Å². The first-order chi connectivity index (χ1) is 9.83. The zero-order valence-corrected chi connectivity index (χ0v) is 12.8. The molecule has 1 saturated heterocycles. The molecule has 1 aliphatic heterocycles. The Morgan fingerprint density at radius 3 is 2.85 bits per heavy atom. The number of imidazole rings is 1. The highest BCUT2D eigenvalue weighted by molar-refractivity contribution is 5.27. The van der Waals surface area contributed by atoms with Crippen LogP contribution in [-0.4, -0.2) is 53.8 Å². The van der Waals surface area contributed by atoms with E-state index in [1.165, 1.54) is 38.9 Å². The summed E-state index contributed by atoms with van der Waals surface area (Å²) in [5.74, 6) is 1.01. The summed E-state index contributed by atoms with van der Waals surface area (Å²) in [7, 11) is 1.75. The Hall–Kier alpha value is -1.07. The molecular formula is C15H28N4O. The van der Waals surface area contributed by atoms with E-state index >= 15 is 0 Å². The topological polar surface area (TPSA) is 42.3 Å². The Kier molecular flexibility index (Phi) is 6.33. The molecule has 20 heavy (non-hydrogen) atoms. The van der Waals surface area contributed by atoms with Crippen LogP contribution in [0.5, 0.6) is 0 Å². The van der Waals surface area contributed by atoms with Crippen LogP contribution in [0.1, 0.15) is 32.6 Å². The van der Waals surface area contributed by atoms with Crippen LogP contribution in [-0.2, 0) is 11.3 Å². The van der Waals surface area contributed by atoms with E-state index in [0.717, 1.165) is 25.5 Å². The fraction of sp³-hybridized carbons (Fsp3) is 0.800. The van der Waals surface area contributed by atoms with Crippen molar-refractivity contribution in [3.05, 3.63) is 12.4 Å². The normalized spacial score (nSPS) is 17.5. The van der Waals surface area contributed by atoms with Gasteiger partial charge in [0.2, 0.25) is 5.95 Å². The number of piperidine rings is 1. The molecule has 0 unspecified atom stereocenters. The van der Waals surface area contributed by atoms with Gasteiger partial charge in [-0.1, -0.05) is 6.92 Å². The molecule has 0 saturated carbocycles. The minimum atomic E-state index is 0.562. The highest BCUT2D eigenvalue weighted by atomic mass is 16.5. The van der Waals surface area contributed by atoms with Crippen molar-refractivity contribution in [3.8, 4) is 0 Å². The van der Waals surface area contributed by atoms with E-state index in [2.05, 4.69) is 26.7 Å². The van der Waals surface area contributed by atoms with E-state index in [9.17, 15) is 0 Å². The van der Waals surface area contributed by atoms with Crippen molar-refractivity contribution in [2.45, 2.75) is 45.2 Å². The van der Waals surface area contributed by atoms with Crippen molar-refractivity contribution in [2.75, 3.05) is 38.7 Å². The van der Waals surface area contributed by atoms with Crippen molar-refractivity contribution in [1.29, 1.82) is 0 Å². The molecule has 1 aromatic heterocycles. The largest absolute Gasteiger partial charge is 0.385 e. The van der Waals surface area contributed by atoms with Crippen molar-refractivity contribution in [2.24, 2.45) is 0 Å². The van der Waals surface area contributed by atoms with E-state index < -0.39 is 0 Å². The number of nitrogens with one attached hydrogen (secondary N) is 1. The van der Waals surface area contributed by atoms with Crippen LogP contribution in [0, 0.1) is 0 Å². The number of ether oxygens (including phenoxy) is 1. The highest BCUT2D eigenvalue weighted by Gasteiger charge is 2.19. The molecule has 0 aromatic carbocycles. The summed E-state index contributed by atoms with van der Waals surface area (Å²) in [6.45, 7) is 7.66. The van der Waals surface area contributed by atoms with Gasteiger partial charge >= 0.3 is 0 Å². The van der Waals surface area contributed by atoms with Crippen LogP contribution in [0.4, 0.5) is 5.95 Å². The van der Waals surface area contributed by atoms with E-state index in [1.807, 2.05) is 12.4 Å². The zero-order valence-electron chi connectivity index (χ0n) is 12.8. The minimum Gasteiger partial charge on any atom is -0.385 e. The van der Waals surface area contributed by atoms with Crippen LogP contribution in [0.15, 0.2) is 12.4 Å². The molecule has 1 aliphatic rings. The maximum Gasteiger partial charge on any atom is 0.202 e. The molecule has 2 heterocycles. The van der Waals surface area contributed by atoms with E-state index in [-0.39, 0.29) is 0 Å². The van der Waals surface area contributed by atoms with Crippen molar-refractivity contribution >= 4 is 5.95 Å². The molecule has 0 aliphatic carbocycles. The molecule has 0 radical (unpaired) electrons. The fourth-order valence-corrected chi connectivity index (χ4v) is 2.81. The lowest BCUT2D eigenvalue weighted by molar-refractivity contribution is 0.190. The van der Waals surface area contributed by atoms with Crippen LogP contribution in [0.3, 0.4) is 0 Å². The number of methoxy groups -OCH3 is 1. The Morgan fingerprint density at radius 2 is 2.15 bits per heavy atom. The molecule has 5 nitrogen and oxygen atoms in total. The minimum absolute atomic E-state index is 0.562. The van der Waals surface area contributed by atoms with Gasteiger partial charge in [0.25, 0.3) is 0 Å². The second-order valence-corrected chi connectivity index (χ2v) is 5.55. The number of aryl methyl sites for hydroxylation is 1. The SMILES string of the molecule is CCCN1CCC(Nc2nccn2CCCOC)CC1. The number of likely N-dealkylation sites (tertiary alicyclic amines) is 1. The van der Waals surface area contributed by atoms with Crippen LogP contribution >= 0.6 is 0 Å². The molecule has 1 fully saturated rings. The first-order valence-corrected chi connectivity index (χ1v) is 7.82. The van der Waals surface area contributed by atoms with Gasteiger partial charge in [0.1, 0.15) is 0 Å². The molecule has 0 atom stereocenters. The first-order valence-electron chi connectivity index (χ1n) is 7.82. The smallest absolute Gasteiger partial charge is 0.202 e. The standard InChI is InChI=1S/C15H28N4O/c1-3-8-18-10-5-14(6-11-18)17-15-16-7-12-19(15)9-4-13-20-2/h7,12,14H,3-6,8-11,13H2,1-2H3,(H,16,17). The van der Waals surface area contributed by atoms with Crippen molar-refractivity contribution in [3.63, 3.8) is 0 Å². The quantitative estimate of drug-likeness (QED) is 0.741. The average Bonchev–Trinajstić information content (AvgIpc) is 2.89. The summed E-state index contributed by atoms with van der Waals surface area (Å²) < 4.78 is 7.30. The number of rotatable bonds is 8. The third kappa shape index (κ3) is 4.49. The number of hydrogen-bond acceptors (Lipinski definition) is 4. The monoisotopic (exact) mass is 280 g/mol. The molecule has 0 amide bonds. The van der Waals surface area contributed by atoms with Crippen LogP contribution < -0.4 is 5.32 Å². The molecule has 1 aromatic rings. The van der Waals surface area contributed by atoms with Crippen molar-refractivity contribution < 1.29 is 4.74 Å². The maximum atomic E-state index is 5.11. The van der Waals surface area contributed by atoms with Gasteiger partial charge < -0.3 is 19.5 Å². The fourth-order valence-electron chi connectivity index (χ4n) is 2.81. The van der Waals surface area contributed by atoms with Crippen LogP contribution in [0.25, 0.3) is 0 Å². The van der Waals surface area contributed by atoms with E-state index in [4.69, 9.17) is 4.74 Å². The number of nitrogens with zero attached hydrogens (tertiary/aromatic N) is 3. The third-order valence-corrected chi connectivity index (χ3v) is 3.92. The summed E-state index contributed by atoms with van der Waals surface area (Å²) in [5.41, 5.74) is 0. The second-order valence-electron chi connectivity index (χ2n) is 5.55. The lowest BCUT2D eigenvalue weighted by atomic mass is 10.1. The Morgan fingerprint density at radius 1 is 1.35 bits per heavy atom. The molecule has 2 rings (SSSR count). The van der Waals surface area contributed by atoms with Gasteiger partial charge in [0, 0.05) is 51.8 Å². The zero-order chi connectivity index (χ0) is 14.2. The third-order valence-electron chi connectivity index (χ3n) is 3.92. The molecule has 1 N–H and O–H groups in total. The van der Waals surface area contributed by atoms with Gasteiger partial charge in [-0.15, -0.1) is 0 Å². The van der Waals surface area contributed by atoms with Gasteiger partial charge in [0.05, 0.1) is 0 Å². The van der Waals surface area contributed by atoms with E-state index in [0.29, 0.717) is 6.04 Å². The van der Waals surface area contributed by atoms with Gasteiger partial charge in [-0.25, -0.2) is 4.98 Å². The predicted octanol–water partition coefficient (Wildman–Crippen LogP) is 2.21. The van der Waals surface area contributed by atoms with Crippen LogP contribution in [0.2, 0.25) is 0 Å². The first kappa shape index (κ1) is 15.3. The van der Waals surface area contributed by atoms with Gasteiger partial charge in [-0.05, 0) is 32.2 Å². The predicted molar refractivity (Wildman–Crippen MR) is 82.1 cm³/mol. The van der Waals surface area contributed by atoms with Gasteiger partial charge in [-0.2, -0.15) is 0 Å². The molecule has 114 valence electrons. The molecular weight excluding hydrogens is 252 g/mol. The lowest BCUT2D eigenvalue weighted by Crippen LogP contribution is -2.39. The maximum absolute atomic E-state index is 5.11. The summed E-state index contributed by atoms with van der Waals surface area (Å²) in [5, 5.41) is 3.60. The Balaban J connectivity index is 1.78. The summed E-state index contributed by atoms with van der Waals surface area (Å²) in [6.07, 6.45) is 8.62. The highest BCUT2D eigenvalue weighted by Crippen LogP contribution is 2.16. The van der Waals surface area contributed by atoms with E-state index in [1.54, 1.807) is 7.11 Å². The summed E-state index contributed by atoms with van der Waals surface area (Å²) in [4.78, 5) is 7.00. The lowest BCUT2D eigenvalue weighted by Gasteiger charge is -2.32. The number of anilines is 1. The molecule has 0 spiro atoms. The molecule has 5 heteroatoms. The Bertz CT molecular complexity index is 372. The summed E-state index contributed by atoms with van der Waals surface area (Å²) >= 11 is 0. The average molecular weight is 280 g/mol. The van der Waals surface area contributed by atoms with Gasteiger partial charge in [-0.3, -0.25) is 0 Å². The summed E-state index contributed by atoms with van der Waals surface area (Å²) in [6, 6.07) is 0.562. The number of hydrogen-bond donors (Lipinski definition) is 1. The number of aromatic nitrogens is 2. The van der Waals surface area contributed by atoms with Crippen molar-refractivity contribution in [1.82, 2.24) is 14.5 Å². The molecule has 0 bridgehead atoms. The van der Waals surface area contributed by atoms with Gasteiger partial charge in [0.15, 0.2) is 0 Å².